The molecule has 5 rings (SSSR count). The number of pyridine rings is 3. The molecule has 0 unspecified atom stereocenters. The number of carbonyl (C=O) groups is 2. The second-order valence-corrected chi connectivity index (χ2v) is 13.9. The van der Waals surface area contributed by atoms with E-state index in [0.717, 1.165) is 5.56 Å². The lowest BCUT2D eigenvalue weighted by atomic mass is 10.1. The summed E-state index contributed by atoms with van der Waals surface area (Å²) in [5, 5.41) is 19.2. The van der Waals surface area contributed by atoms with Crippen molar-refractivity contribution in [1.82, 2.24) is 30.5 Å². The summed E-state index contributed by atoms with van der Waals surface area (Å²) < 4.78 is 17.1. The third-order valence-electron chi connectivity index (χ3n) is 8.14. The molecular formula is C37H43Cl2N7O6. The van der Waals surface area contributed by atoms with Gasteiger partial charge in [0.25, 0.3) is 0 Å². The smallest absolute Gasteiger partial charge is 0.410 e. The Balaban J connectivity index is 1.42. The lowest BCUT2D eigenvalue weighted by Crippen LogP contribution is -2.43. The van der Waals surface area contributed by atoms with Crippen molar-refractivity contribution >= 4 is 46.7 Å². The summed E-state index contributed by atoms with van der Waals surface area (Å²) >= 11 is 14.0. The highest BCUT2D eigenvalue weighted by Crippen LogP contribution is 2.41. The number of rotatable bonds is 14. The van der Waals surface area contributed by atoms with Crippen molar-refractivity contribution in [2.45, 2.75) is 58.3 Å². The lowest BCUT2D eigenvalue weighted by molar-refractivity contribution is -0.119. The number of hydrogen-bond acceptors (Lipinski definition) is 11. The summed E-state index contributed by atoms with van der Waals surface area (Å²) in [6.45, 7) is 6.76. The van der Waals surface area contributed by atoms with Gasteiger partial charge in [-0.2, -0.15) is 0 Å². The van der Waals surface area contributed by atoms with E-state index in [1.807, 2.05) is 30.3 Å². The average molecular weight is 753 g/mol. The third-order valence-corrected chi connectivity index (χ3v) is 8.93. The molecule has 1 atom stereocenters. The van der Waals surface area contributed by atoms with Crippen LogP contribution in [0.2, 0.25) is 10.0 Å². The maximum Gasteiger partial charge on any atom is 0.410 e. The highest BCUT2D eigenvalue weighted by atomic mass is 35.5. The van der Waals surface area contributed by atoms with Gasteiger partial charge in [-0.15, -0.1) is 0 Å². The van der Waals surface area contributed by atoms with Crippen LogP contribution in [0.3, 0.4) is 0 Å². The second-order valence-electron chi connectivity index (χ2n) is 13.1. The molecule has 0 spiro atoms. The van der Waals surface area contributed by atoms with E-state index in [0.29, 0.717) is 87.2 Å². The predicted molar refractivity (Wildman–Crippen MR) is 200 cm³/mol. The first-order valence-electron chi connectivity index (χ1n) is 16.8. The van der Waals surface area contributed by atoms with E-state index < -0.39 is 11.7 Å². The first-order chi connectivity index (χ1) is 24.9. The van der Waals surface area contributed by atoms with Crippen LogP contribution in [0, 0.1) is 0 Å². The summed E-state index contributed by atoms with van der Waals surface area (Å²) in [7, 11) is 3.07. The molecule has 3 aromatic heterocycles. The Labute approximate surface area is 313 Å². The van der Waals surface area contributed by atoms with Crippen LogP contribution in [0.5, 0.6) is 11.6 Å². The average Bonchev–Trinajstić information content (AvgIpc) is 3.53. The zero-order valence-electron chi connectivity index (χ0n) is 29.8. The number of anilines is 2. The summed E-state index contributed by atoms with van der Waals surface area (Å²) in [6, 6.07) is 12.5. The summed E-state index contributed by atoms with van der Waals surface area (Å²) in [5.74, 6) is 1.26. The number of hydrogen-bond donors (Lipinski definition) is 4. The van der Waals surface area contributed by atoms with Crippen LogP contribution in [-0.4, -0.2) is 82.5 Å². The van der Waals surface area contributed by atoms with E-state index in [2.05, 4.69) is 25.9 Å². The number of halogens is 2. The molecule has 0 saturated carbocycles. The fraction of sp³-hybridized carbons (Fsp3) is 0.378. The van der Waals surface area contributed by atoms with Gasteiger partial charge in [-0.25, -0.2) is 14.8 Å². The number of ether oxygens (including phenoxy) is 3. The monoisotopic (exact) mass is 751 g/mol. The number of nitrogens with zero attached hydrogens (tertiary/aromatic N) is 4. The Bertz CT molecular complexity index is 1910. The number of amides is 2. The van der Waals surface area contributed by atoms with Crippen LogP contribution < -0.4 is 25.4 Å². The molecule has 2 amide bonds. The molecule has 1 aliphatic rings. The van der Waals surface area contributed by atoms with Crippen LogP contribution >= 0.6 is 23.2 Å². The van der Waals surface area contributed by atoms with Gasteiger partial charge in [0.15, 0.2) is 11.6 Å². The van der Waals surface area contributed by atoms with Crippen molar-refractivity contribution in [3.8, 4) is 34.1 Å². The van der Waals surface area contributed by atoms with Crippen molar-refractivity contribution in [2.24, 2.45) is 0 Å². The molecule has 13 nitrogen and oxygen atoms in total. The van der Waals surface area contributed by atoms with E-state index >= 15 is 0 Å². The van der Waals surface area contributed by atoms with Crippen molar-refractivity contribution in [3.63, 3.8) is 0 Å². The van der Waals surface area contributed by atoms with Gasteiger partial charge >= 0.3 is 6.09 Å². The molecule has 0 bridgehead atoms. The van der Waals surface area contributed by atoms with Crippen molar-refractivity contribution in [2.75, 3.05) is 39.2 Å². The number of aromatic nitrogens is 3. The molecule has 1 aromatic carbocycles. The summed E-state index contributed by atoms with van der Waals surface area (Å²) in [4.78, 5) is 40.5. The van der Waals surface area contributed by atoms with Crippen LogP contribution in [0.1, 0.15) is 44.7 Å². The molecule has 0 radical (unpaired) electrons. The van der Waals surface area contributed by atoms with Gasteiger partial charge < -0.3 is 40.2 Å². The highest BCUT2D eigenvalue weighted by molar-refractivity contribution is 6.39. The zero-order valence-corrected chi connectivity index (χ0v) is 31.3. The fourth-order valence-electron chi connectivity index (χ4n) is 5.75. The van der Waals surface area contributed by atoms with Gasteiger partial charge in [0.2, 0.25) is 11.8 Å². The molecule has 15 heteroatoms. The minimum atomic E-state index is -0.706. The molecule has 4 aromatic rings. The molecular weight excluding hydrogens is 709 g/mol. The Morgan fingerprint density at radius 2 is 1.81 bits per heavy atom. The first kappa shape index (κ1) is 38.5. The highest BCUT2D eigenvalue weighted by Gasteiger charge is 2.29. The Morgan fingerprint density at radius 1 is 1.02 bits per heavy atom. The van der Waals surface area contributed by atoms with E-state index in [1.165, 1.54) is 7.11 Å². The van der Waals surface area contributed by atoms with Crippen LogP contribution in [0.15, 0.2) is 54.9 Å². The molecule has 1 saturated heterocycles. The zero-order chi connectivity index (χ0) is 37.4. The van der Waals surface area contributed by atoms with E-state index in [-0.39, 0.29) is 31.6 Å². The Hall–Kier alpha value is -4.69. The van der Waals surface area contributed by atoms with Crippen LogP contribution in [0.25, 0.3) is 22.5 Å². The SMILES string of the molecule is COc1nc(-c2ccnc(-c3cccc(Nc4nccc(CNCCO)c4OC)c3Cl)c2Cl)ccc1CN(C[C@@H]1CCC(=O)N1)C(=O)OC(C)(C)C. The molecule has 52 heavy (non-hydrogen) atoms. The number of carbonyl (C=O) groups excluding carboxylic acids is 2. The van der Waals surface area contributed by atoms with E-state index in [1.54, 1.807) is 57.3 Å². The van der Waals surface area contributed by atoms with Gasteiger partial charge in [-0.3, -0.25) is 9.78 Å². The predicted octanol–water partition coefficient (Wildman–Crippen LogP) is 6.37. The molecule has 1 aliphatic heterocycles. The minimum Gasteiger partial charge on any atom is -0.493 e. The van der Waals surface area contributed by atoms with Gasteiger partial charge in [-0.05, 0) is 57.5 Å². The molecule has 4 N–H and O–H groups in total. The van der Waals surface area contributed by atoms with Gasteiger partial charge in [0.05, 0.1) is 54.5 Å². The van der Waals surface area contributed by atoms with Gasteiger partial charge in [0.1, 0.15) is 5.60 Å². The van der Waals surface area contributed by atoms with Crippen LogP contribution in [-0.2, 0) is 22.6 Å². The van der Waals surface area contributed by atoms with E-state index in [4.69, 9.17) is 47.5 Å². The van der Waals surface area contributed by atoms with Crippen molar-refractivity contribution < 1.29 is 28.9 Å². The third kappa shape index (κ3) is 9.39. The maximum absolute atomic E-state index is 13.3. The topological polar surface area (TPSA) is 160 Å². The Kier molecular flexibility index (Phi) is 12.8. The summed E-state index contributed by atoms with van der Waals surface area (Å²) in [5.41, 5.74) is 3.48. The first-order valence-corrected chi connectivity index (χ1v) is 17.5. The van der Waals surface area contributed by atoms with Gasteiger partial charge in [0, 0.05) is 66.7 Å². The Morgan fingerprint density at radius 3 is 2.50 bits per heavy atom. The number of aliphatic hydroxyl groups is 1. The standard InChI is InChI=1S/C37H43Cl2N7O6/c1-37(2,3)52-36(49)46(21-24-10-12-29(48)43-24)20-23-9-11-27(45-35(23)51-5)25-14-16-41-32(31(25)39)26-7-6-8-28(30(26)38)44-34-33(50-4)22(13-15-42-34)19-40-17-18-47/h6-9,11,13-16,24,40,47H,10,12,17-21H2,1-5H3,(H,42,44)(H,43,48)/t24-/m0/s1. The van der Waals surface area contributed by atoms with Crippen molar-refractivity contribution in [3.05, 3.63) is 76.0 Å². The summed E-state index contributed by atoms with van der Waals surface area (Å²) in [6.07, 6.45) is 3.82. The number of aliphatic hydroxyl groups excluding tert-OH is 1. The fourth-order valence-corrected chi connectivity index (χ4v) is 6.32. The quantitative estimate of drug-likeness (QED) is 0.106. The molecule has 0 aliphatic carbocycles. The van der Waals surface area contributed by atoms with Crippen LogP contribution in [0.4, 0.5) is 16.3 Å². The largest absolute Gasteiger partial charge is 0.493 e. The molecule has 4 heterocycles. The lowest BCUT2D eigenvalue weighted by Gasteiger charge is -2.29. The van der Waals surface area contributed by atoms with E-state index in [9.17, 15) is 9.59 Å². The number of benzene rings is 1. The molecule has 1 fully saturated rings. The minimum absolute atomic E-state index is 0.0193. The second kappa shape index (κ2) is 17.2. The number of nitrogens with one attached hydrogen (secondary N) is 3. The molecule has 276 valence electrons. The number of methoxy groups -OCH3 is 2. The maximum atomic E-state index is 13.3. The van der Waals surface area contributed by atoms with Crippen molar-refractivity contribution in [1.29, 1.82) is 0 Å². The normalized spacial score (nSPS) is 14.2. The van der Waals surface area contributed by atoms with Gasteiger partial charge in [-0.1, -0.05) is 35.3 Å².